The molecule has 0 saturated carbocycles. The summed E-state index contributed by atoms with van der Waals surface area (Å²) in [5, 5.41) is 0. The number of carbonyl (C=O) groups is 1. The predicted molar refractivity (Wildman–Crippen MR) is 132 cm³/mol. The van der Waals surface area contributed by atoms with Crippen LogP contribution in [0.5, 0.6) is 5.75 Å². The molecular weight excluding hydrogens is 408 g/mol. The van der Waals surface area contributed by atoms with Crippen LogP contribution in [0.25, 0.3) is 0 Å². The maximum absolute atomic E-state index is 13.3. The highest BCUT2D eigenvalue weighted by atomic mass is 16.5. The van der Waals surface area contributed by atoms with E-state index in [-0.39, 0.29) is 5.91 Å². The van der Waals surface area contributed by atoms with E-state index in [1.54, 1.807) is 18.2 Å². The average molecular weight is 435 g/mol. The molecule has 4 nitrogen and oxygen atoms in total. The van der Waals surface area contributed by atoms with Gasteiger partial charge in [-0.2, -0.15) is 0 Å². The second-order valence-corrected chi connectivity index (χ2v) is 7.52. The summed E-state index contributed by atoms with van der Waals surface area (Å²) in [6, 6.07) is 37.4. The van der Waals surface area contributed by atoms with Gasteiger partial charge in [0.1, 0.15) is 17.9 Å². The SMILES string of the molecule is C=CCOc1ccccc1C(=O)NNC(c1ccccc1)(c1ccccc1)c1ccccc1. The number of nitrogens with one attached hydrogen (secondary N) is 2. The summed E-state index contributed by atoms with van der Waals surface area (Å²) in [5.41, 5.74) is 8.97. The van der Waals surface area contributed by atoms with Crippen LogP contribution in [-0.2, 0) is 5.54 Å². The van der Waals surface area contributed by atoms with E-state index in [1.807, 2.05) is 66.7 Å². The molecule has 164 valence electrons. The van der Waals surface area contributed by atoms with E-state index >= 15 is 0 Å². The van der Waals surface area contributed by atoms with Gasteiger partial charge in [-0.3, -0.25) is 10.2 Å². The van der Waals surface area contributed by atoms with Crippen molar-refractivity contribution in [1.29, 1.82) is 0 Å². The lowest BCUT2D eigenvalue weighted by Gasteiger charge is -2.37. The van der Waals surface area contributed by atoms with Crippen LogP contribution in [-0.4, -0.2) is 12.5 Å². The molecule has 4 rings (SSSR count). The van der Waals surface area contributed by atoms with Crippen molar-refractivity contribution in [2.75, 3.05) is 6.61 Å². The highest BCUT2D eigenvalue weighted by Crippen LogP contribution is 2.36. The average Bonchev–Trinajstić information content (AvgIpc) is 2.90. The zero-order valence-corrected chi connectivity index (χ0v) is 18.3. The van der Waals surface area contributed by atoms with E-state index in [2.05, 4.69) is 53.8 Å². The Morgan fingerprint density at radius 3 is 1.67 bits per heavy atom. The third-order valence-corrected chi connectivity index (χ3v) is 5.47. The van der Waals surface area contributed by atoms with Crippen molar-refractivity contribution >= 4 is 5.91 Å². The Balaban J connectivity index is 1.77. The van der Waals surface area contributed by atoms with E-state index in [1.165, 1.54) is 0 Å². The smallest absolute Gasteiger partial charge is 0.269 e. The Morgan fingerprint density at radius 2 is 1.18 bits per heavy atom. The van der Waals surface area contributed by atoms with Crippen LogP contribution >= 0.6 is 0 Å². The van der Waals surface area contributed by atoms with Gasteiger partial charge >= 0.3 is 0 Å². The zero-order chi connectivity index (χ0) is 22.9. The number of carbonyl (C=O) groups excluding carboxylic acids is 1. The number of para-hydroxylation sites is 1. The largest absolute Gasteiger partial charge is 0.489 e. The van der Waals surface area contributed by atoms with Crippen LogP contribution in [0, 0.1) is 0 Å². The fraction of sp³-hybridized carbons (Fsp3) is 0.0690. The van der Waals surface area contributed by atoms with Crippen molar-refractivity contribution in [3.05, 3.63) is 150 Å². The van der Waals surface area contributed by atoms with Gasteiger partial charge in [0.15, 0.2) is 0 Å². The van der Waals surface area contributed by atoms with Crippen molar-refractivity contribution in [2.24, 2.45) is 0 Å². The molecule has 0 saturated heterocycles. The molecule has 0 aliphatic carbocycles. The highest BCUT2D eigenvalue weighted by molar-refractivity contribution is 5.96. The number of benzene rings is 4. The molecule has 2 N–H and O–H groups in total. The van der Waals surface area contributed by atoms with E-state index in [0.29, 0.717) is 17.9 Å². The van der Waals surface area contributed by atoms with Crippen molar-refractivity contribution in [3.63, 3.8) is 0 Å². The van der Waals surface area contributed by atoms with Crippen molar-refractivity contribution in [3.8, 4) is 5.75 Å². The molecular formula is C29H26N2O2. The molecule has 0 aliphatic rings. The lowest BCUT2D eigenvalue weighted by molar-refractivity contribution is 0.0915. The van der Waals surface area contributed by atoms with Crippen LogP contribution in [0.4, 0.5) is 0 Å². The number of ether oxygens (including phenoxy) is 1. The third-order valence-electron chi connectivity index (χ3n) is 5.47. The first-order valence-corrected chi connectivity index (χ1v) is 10.8. The normalized spacial score (nSPS) is 10.9. The molecule has 4 heteroatoms. The molecule has 4 aromatic rings. The van der Waals surface area contributed by atoms with Crippen LogP contribution in [0.1, 0.15) is 27.0 Å². The number of rotatable bonds is 9. The summed E-state index contributed by atoms with van der Waals surface area (Å²) in [4.78, 5) is 13.3. The van der Waals surface area contributed by atoms with Gasteiger partial charge in [-0.1, -0.05) is 116 Å². The Bertz CT molecular complexity index is 1100. The summed E-state index contributed by atoms with van der Waals surface area (Å²) in [7, 11) is 0. The van der Waals surface area contributed by atoms with Gasteiger partial charge in [-0.15, -0.1) is 0 Å². The first kappa shape index (κ1) is 22.1. The summed E-state index contributed by atoms with van der Waals surface area (Å²) in [6.07, 6.45) is 1.65. The number of hydrogen-bond donors (Lipinski definition) is 2. The number of amides is 1. The number of hydrazine groups is 1. The fourth-order valence-corrected chi connectivity index (χ4v) is 3.93. The maximum Gasteiger partial charge on any atom is 0.269 e. The van der Waals surface area contributed by atoms with Gasteiger partial charge in [-0.25, -0.2) is 5.43 Å². The molecule has 0 spiro atoms. The minimum absolute atomic E-state index is 0.290. The Hall–Kier alpha value is -4.15. The molecule has 0 unspecified atom stereocenters. The molecule has 33 heavy (non-hydrogen) atoms. The molecule has 1 amide bonds. The van der Waals surface area contributed by atoms with Gasteiger partial charge in [-0.05, 0) is 28.8 Å². The lowest BCUT2D eigenvalue weighted by Crippen LogP contribution is -2.53. The molecule has 0 aromatic heterocycles. The maximum atomic E-state index is 13.3. The van der Waals surface area contributed by atoms with Crippen molar-refractivity contribution in [1.82, 2.24) is 10.9 Å². The molecule has 4 aromatic carbocycles. The van der Waals surface area contributed by atoms with Crippen molar-refractivity contribution in [2.45, 2.75) is 5.54 Å². The second kappa shape index (κ2) is 10.4. The first-order chi connectivity index (χ1) is 16.3. The minimum Gasteiger partial charge on any atom is -0.489 e. The molecule has 0 fully saturated rings. The van der Waals surface area contributed by atoms with Crippen LogP contribution < -0.4 is 15.6 Å². The first-order valence-electron chi connectivity index (χ1n) is 10.8. The van der Waals surface area contributed by atoms with Crippen LogP contribution in [0.2, 0.25) is 0 Å². The summed E-state index contributed by atoms with van der Waals surface area (Å²) in [6.45, 7) is 4.00. The zero-order valence-electron chi connectivity index (χ0n) is 18.3. The standard InChI is InChI=1S/C29H26N2O2/c1-2-22-33-27-21-13-12-20-26(27)28(32)30-31-29(23-14-6-3-7-15-23,24-16-8-4-9-17-24)25-18-10-5-11-19-25/h2-21,31H,1,22H2,(H,30,32). The van der Waals surface area contributed by atoms with E-state index in [9.17, 15) is 4.79 Å². The van der Waals surface area contributed by atoms with E-state index in [4.69, 9.17) is 4.74 Å². The Kier molecular flexibility index (Phi) is 6.98. The summed E-state index contributed by atoms with van der Waals surface area (Å²) >= 11 is 0. The third kappa shape index (κ3) is 4.71. The van der Waals surface area contributed by atoms with Gasteiger partial charge in [0.05, 0.1) is 5.56 Å². The van der Waals surface area contributed by atoms with Crippen LogP contribution in [0.3, 0.4) is 0 Å². The molecule has 0 atom stereocenters. The topological polar surface area (TPSA) is 50.4 Å². The van der Waals surface area contributed by atoms with Gasteiger partial charge in [0.25, 0.3) is 5.91 Å². The monoisotopic (exact) mass is 434 g/mol. The molecule has 0 radical (unpaired) electrons. The molecule has 0 aliphatic heterocycles. The van der Waals surface area contributed by atoms with E-state index in [0.717, 1.165) is 16.7 Å². The Morgan fingerprint density at radius 1 is 0.727 bits per heavy atom. The Labute approximate surface area is 194 Å². The number of hydrogen-bond acceptors (Lipinski definition) is 3. The van der Waals surface area contributed by atoms with Crippen molar-refractivity contribution < 1.29 is 9.53 Å². The summed E-state index contributed by atoms with van der Waals surface area (Å²) in [5.74, 6) is 0.211. The van der Waals surface area contributed by atoms with Gasteiger partial charge < -0.3 is 4.74 Å². The summed E-state index contributed by atoms with van der Waals surface area (Å²) < 4.78 is 5.69. The predicted octanol–water partition coefficient (Wildman–Crippen LogP) is 5.48. The lowest BCUT2D eigenvalue weighted by atomic mass is 9.77. The molecule has 0 heterocycles. The second-order valence-electron chi connectivity index (χ2n) is 7.52. The fourth-order valence-electron chi connectivity index (χ4n) is 3.93. The van der Waals surface area contributed by atoms with Crippen LogP contribution in [0.15, 0.2) is 128 Å². The highest BCUT2D eigenvalue weighted by Gasteiger charge is 2.36. The minimum atomic E-state index is -0.809. The van der Waals surface area contributed by atoms with Gasteiger partial charge in [0.2, 0.25) is 0 Å². The van der Waals surface area contributed by atoms with E-state index < -0.39 is 5.54 Å². The van der Waals surface area contributed by atoms with Gasteiger partial charge in [0, 0.05) is 0 Å². The molecule has 0 bridgehead atoms. The quantitative estimate of drug-likeness (QED) is 0.208.